The van der Waals surface area contributed by atoms with Crippen LogP contribution in [0, 0.1) is 0 Å². The van der Waals surface area contributed by atoms with E-state index in [1.165, 1.54) is 20.3 Å². The molecule has 0 unspecified atom stereocenters. The standard InChI is InChI=1S/C16H22O5/c1-5-6-11-21-14(17)10-8-12-7-9-13(18-2)16(20-4)15(12)19-3/h7-10H,5-6,11H2,1-4H3/b10-8+. The van der Waals surface area contributed by atoms with Gasteiger partial charge in [0.25, 0.3) is 0 Å². The molecule has 1 aromatic carbocycles. The molecule has 5 nitrogen and oxygen atoms in total. The lowest BCUT2D eigenvalue weighted by atomic mass is 10.1. The van der Waals surface area contributed by atoms with Gasteiger partial charge in [0, 0.05) is 11.6 Å². The molecule has 0 aliphatic heterocycles. The third kappa shape index (κ3) is 4.70. The van der Waals surface area contributed by atoms with Crippen molar-refractivity contribution in [2.75, 3.05) is 27.9 Å². The van der Waals surface area contributed by atoms with Gasteiger partial charge in [-0.1, -0.05) is 13.3 Å². The van der Waals surface area contributed by atoms with E-state index in [-0.39, 0.29) is 5.97 Å². The van der Waals surface area contributed by atoms with Crippen LogP contribution >= 0.6 is 0 Å². The summed E-state index contributed by atoms with van der Waals surface area (Å²) in [7, 11) is 4.62. The van der Waals surface area contributed by atoms with Gasteiger partial charge in [-0.25, -0.2) is 4.79 Å². The summed E-state index contributed by atoms with van der Waals surface area (Å²) < 4.78 is 20.9. The van der Waals surface area contributed by atoms with Crippen LogP contribution in [0.5, 0.6) is 17.2 Å². The van der Waals surface area contributed by atoms with E-state index in [0.717, 1.165) is 12.8 Å². The van der Waals surface area contributed by atoms with E-state index in [1.54, 1.807) is 25.3 Å². The van der Waals surface area contributed by atoms with Gasteiger partial charge in [-0.3, -0.25) is 0 Å². The highest BCUT2D eigenvalue weighted by Gasteiger charge is 2.14. The van der Waals surface area contributed by atoms with Crippen LogP contribution in [0.2, 0.25) is 0 Å². The van der Waals surface area contributed by atoms with Crippen LogP contribution in [0.15, 0.2) is 18.2 Å². The number of hydrogen-bond donors (Lipinski definition) is 0. The van der Waals surface area contributed by atoms with Gasteiger partial charge < -0.3 is 18.9 Å². The quantitative estimate of drug-likeness (QED) is 0.419. The molecular weight excluding hydrogens is 272 g/mol. The van der Waals surface area contributed by atoms with E-state index in [1.807, 2.05) is 6.92 Å². The summed E-state index contributed by atoms with van der Waals surface area (Å²) in [5.41, 5.74) is 0.711. The smallest absolute Gasteiger partial charge is 0.330 e. The van der Waals surface area contributed by atoms with E-state index in [2.05, 4.69) is 0 Å². The first-order valence-corrected chi connectivity index (χ1v) is 6.81. The van der Waals surface area contributed by atoms with Gasteiger partial charge in [0.1, 0.15) is 0 Å². The molecule has 0 saturated heterocycles. The first kappa shape index (κ1) is 16.9. The van der Waals surface area contributed by atoms with Gasteiger partial charge in [0.15, 0.2) is 11.5 Å². The highest BCUT2D eigenvalue weighted by molar-refractivity contribution is 5.88. The summed E-state index contributed by atoms with van der Waals surface area (Å²) in [6, 6.07) is 3.54. The fourth-order valence-corrected chi connectivity index (χ4v) is 1.78. The number of methoxy groups -OCH3 is 3. The van der Waals surface area contributed by atoms with Crippen molar-refractivity contribution in [3.63, 3.8) is 0 Å². The summed E-state index contributed by atoms with van der Waals surface area (Å²) >= 11 is 0. The number of esters is 1. The Labute approximate surface area is 125 Å². The van der Waals surface area contributed by atoms with Crippen LogP contribution < -0.4 is 14.2 Å². The summed E-state index contributed by atoms with van der Waals surface area (Å²) in [6.07, 6.45) is 4.86. The Morgan fingerprint density at radius 3 is 2.38 bits per heavy atom. The fraction of sp³-hybridized carbons (Fsp3) is 0.438. The Morgan fingerprint density at radius 2 is 1.81 bits per heavy atom. The van der Waals surface area contributed by atoms with Crippen molar-refractivity contribution in [2.24, 2.45) is 0 Å². The Balaban J connectivity index is 2.90. The lowest BCUT2D eigenvalue weighted by molar-refractivity contribution is -0.137. The molecule has 0 aliphatic carbocycles. The molecule has 0 radical (unpaired) electrons. The minimum Gasteiger partial charge on any atom is -0.493 e. The number of rotatable bonds is 8. The van der Waals surface area contributed by atoms with E-state index in [4.69, 9.17) is 18.9 Å². The molecule has 0 aromatic heterocycles. The third-order valence-corrected chi connectivity index (χ3v) is 2.88. The molecule has 5 heteroatoms. The van der Waals surface area contributed by atoms with E-state index in [9.17, 15) is 4.79 Å². The van der Waals surface area contributed by atoms with Crippen molar-refractivity contribution in [1.82, 2.24) is 0 Å². The highest BCUT2D eigenvalue weighted by Crippen LogP contribution is 2.40. The van der Waals surface area contributed by atoms with Crippen LogP contribution in [0.3, 0.4) is 0 Å². The van der Waals surface area contributed by atoms with Gasteiger partial charge in [-0.15, -0.1) is 0 Å². The molecule has 0 spiro atoms. The van der Waals surface area contributed by atoms with Crippen LogP contribution in [0.25, 0.3) is 6.08 Å². The molecule has 0 amide bonds. The Hall–Kier alpha value is -2.17. The number of benzene rings is 1. The molecule has 1 rings (SSSR count). The van der Waals surface area contributed by atoms with Crippen molar-refractivity contribution in [2.45, 2.75) is 19.8 Å². The molecule has 0 saturated carbocycles. The molecular formula is C16H22O5. The van der Waals surface area contributed by atoms with Gasteiger partial charge in [0.05, 0.1) is 27.9 Å². The lowest BCUT2D eigenvalue weighted by Crippen LogP contribution is -2.02. The van der Waals surface area contributed by atoms with Crippen LogP contribution in [0.1, 0.15) is 25.3 Å². The van der Waals surface area contributed by atoms with E-state index < -0.39 is 0 Å². The maximum absolute atomic E-state index is 11.6. The summed E-state index contributed by atoms with van der Waals surface area (Å²) in [6.45, 7) is 2.47. The normalized spacial score (nSPS) is 10.5. The Kier molecular flexibility index (Phi) is 7.15. The second kappa shape index (κ2) is 8.89. The van der Waals surface area contributed by atoms with Gasteiger partial charge in [-0.05, 0) is 24.6 Å². The minimum absolute atomic E-state index is 0.375. The van der Waals surface area contributed by atoms with Crippen LogP contribution in [0.4, 0.5) is 0 Å². The monoisotopic (exact) mass is 294 g/mol. The summed E-state index contributed by atoms with van der Waals surface area (Å²) in [5.74, 6) is 1.19. The molecule has 1 aromatic rings. The van der Waals surface area contributed by atoms with E-state index >= 15 is 0 Å². The first-order valence-electron chi connectivity index (χ1n) is 6.81. The van der Waals surface area contributed by atoms with Crippen molar-refractivity contribution >= 4 is 12.0 Å². The number of hydrogen-bond acceptors (Lipinski definition) is 5. The third-order valence-electron chi connectivity index (χ3n) is 2.88. The highest BCUT2D eigenvalue weighted by atomic mass is 16.5. The zero-order valence-corrected chi connectivity index (χ0v) is 13.0. The second-order valence-electron chi connectivity index (χ2n) is 4.28. The molecule has 0 N–H and O–H groups in total. The molecule has 0 atom stereocenters. The number of unbranched alkanes of at least 4 members (excludes halogenated alkanes) is 1. The van der Waals surface area contributed by atoms with Crippen LogP contribution in [-0.4, -0.2) is 33.9 Å². The topological polar surface area (TPSA) is 54.0 Å². The van der Waals surface area contributed by atoms with Gasteiger partial charge in [0.2, 0.25) is 5.75 Å². The van der Waals surface area contributed by atoms with E-state index in [0.29, 0.717) is 29.4 Å². The molecule has 0 aliphatic rings. The lowest BCUT2D eigenvalue weighted by Gasteiger charge is -2.13. The number of carbonyl (C=O) groups excluding carboxylic acids is 1. The largest absolute Gasteiger partial charge is 0.493 e. The van der Waals surface area contributed by atoms with Crippen molar-refractivity contribution in [3.8, 4) is 17.2 Å². The molecule has 21 heavy (non-hydrogen) atoms. The molecule has 0 fully saturated rings. The molecule has 0 bridgehead atoms. The van der Waals surface area contributed by atoms with Crippen molar-refractivity contribution in [1.29, 1.82) is 0 Å². The number of ether oxygens (including phenoxy) is 4. The van der Waals surface area contributed by atoms with Gasteiger partial charge >= 0.3 is 5.97 Å². The second-order valence-corrected chi connectivity index (χ2v) is 4.28. The Bertz CT molecular complexity index is 494. The number of carbonyl (C=O) groups is 1. The Morgan fingerprint density at radius 1 is 1.10 bits per heavy atom. The predicted octanol–water partition coefficient (Wildman–Crippen LogP) is 3.07. The van der Waals surface area contributed by atoms with Gasteiger partial charge in [-0.2, -0.15) is 0 Å². The minimum atomic E-state index is -0.375. The SMILES string of the molecule is CCCCOC(=O)/C=C/c1ccc(OC)c(OC)c1OC. The fourth-order valence-electron chi connectivity index (χ4n) is 1.78. The van der Waals surface area contributed by atoms with Crippen LogP contribution in [-0.2, 0) is 9.53 Å². The van der Waals surface area contributed by atoms with Crippen molar-refractivity contribution in [3.05, 3.63) is 23.8 Å². The average molecular weight is 294 g/mol. The summed E-state index contributed by atoms with van der Waals surface area (Å²) in [4.78, 5) is 11.6. The zero-order chi connectivity index (χ0) is 15.7. The summed E-state index contributed by atoms with van der Waals surface area (Å²) in [5, 5.41) is 0. The first-order chi connectivity index (χ1) is 10.2. The molecule has 0 heterocycles. The average Bonchev–Trinajstić information content (AvgIpc) is 2.51. The zero-order valence-electron chi connectivity index (χ0n) is 13.0. The maximum Gasteiger partial charge on any atom is 0.330 e. The predicted molar refractivity (Wildman–Crippen MR) is 81.0 cm³/mol. The van der Waals surface area contributed by atoms with Crippen molar-refractivity contribution < 1.29 is 23.7 Å². The maximum atomic E-state index is 11.6. The molecule has 116 valence electrons.